The highest BCUT2D eigenvalue weighted by Crippen LogP contribution is 2.51. The topological polar surface area (TPSA) is 303 Å². The third kappa shape index (κ3) is 34.8. The largest absolute Gasteiger partial charge is 0.472 e. The van der Waals surface area contributed by atoms with Gasteiger partial charge in [-0.2, -0.15) is 0 Å². The second-order valence-electron chi connectivity index (χ2n) is 17.0. The van der Waals surface area contributed by atoms with E-state index in [-0.39, 0.29) is 12.8 Å². The van der Waals surface area contributed by atoms with Crippen molar-refractivity contribution < 1.29 is 90.6 Å². The maximum atomic E-state index is 13.1. The van der Waals surface area contributed by atoms with Crippen LogP contribution in [0.3, 0.4) is 0 Å². The van der Waals surface area contributed by atoms with Gasteiger partial charge in [0.25, 0.3) is 0 Å². The summed E-state index contributed by atoms with van der Waals surface area (Å²) < 4.78 is 65.4. The summed E-state index contributed by atoms with van der Waals surface area (Å²) in [7, 11) is -16.6. The summed E-state index contributed by atoms with van der Waals surface area (Å²) in [6, 6.07) is 0. The van der Waals surface area contributed by atoms with Gasteiger partial charge in [-0.1, -0.05) is 139 Å². The van der Waals surface area contributed by atoms with Crippen molar-refractivity contribution in [2.24, 2.45) is 0 Å². The monoisotopic (exact) mass is 1040 g/mol. The molecule has 0 aliphatic heterocycles. The molecule has 22 heteroatoms. The molecule has 0 radical (unpaired) electrons. The van der Waals surface area contributed by atoms with Gasteiger partial charge in [-0.05, 0) is 77.0 Å². The lowest BCUT2D eigenvalue weighted by Crippen LogP contribution is -2.65. The normalized spacial score (nSPS) is 21.8. The van der Waals surface area contributed by atoms with Crippen LogP contribution in [0, 0.1) is 0 Å². The third-order valence-electron chi connectivity index (χ3n) is 10.8. The second-order valence-corrected chi connectivity index (χ2v) is 20.8. The van der Waals surface area contributed by atoms with E-state index >= 15 is 0 Å². The maximum Gasteiger partial charge on any atom is 0.472 e. The predicted molar refractivity (Wildman–Crippen MR) is 261 cm³/mol. The summed E-state index contributed by atoms with van der Waals surface area (Å²) in [5.74, 6) is -1.38. The van der Waals surface area contributed by atoms with E-state index in [1.165, 1.54) is 57.8 Å². The van der Waals surface area contributed by atoms with E-state index in [1.807, 2.05) is 12.2 Å². The van der Waals surface area contributed by atoms with Crippen LogP contribution in [-0.2, 0) is 50.9 Å². The first kappa shape index (κ1) is 64.9. The van der Waals surface area contributed by atoms with Gasteiger partial charge in [0.05, 0.1) is 6.61 Å². The van der Waals surface area contributed by atoms with Gasteiger partial charge < -0.3 is 49.3 Å². The average molecular weight is 1050 g/mol. The van der Waals surface area contributed by atoms with Gasteiger partial charge >= 0.3 is 35.4 Å². The van der Waals surface area contributed by atoms with Crippen LogP contribution in [0.1, 0.15) is 168 Å². The lowest BCUT2D eigenvalue weighted by atomic mass is 9.85. The minimum atomic E-state index is -5.61. The van der Waals surface area contributed by atoms with Crippen LogP contribution < -0.4 is 0 Å². The van der Waals surface area contributed by atoms with Gasteiger partial charge in [-0.25, -0.2) is 13.7 Å². The smallest absolute Gasteiger partial charge is 0.462 e. The van der Waals surface area contributed by atoms with Crippen LogP contribution in [0.5, 0.6) is 0 Å². The summed E-state index contributed by atoms with van der Waals surface area (Å²) in [5.41, 5.74) is 0. The van der Waals surface area contributed by atoms with E-state index < -0.39 is 91.3 Å². The molecule has 1 fully saturated rings. The first-order valence-electron chi connectivity index (χ1n) is 24.6. The highest BCUT2D eigenvalue weighted by atomic mass is 31.2. The van der Waals surface area contributed by atoms with Crippen molar-refractivity contribution in [2.75, 3.05) is 13.2 Å². The molecule has 8 unspecified atom stereocenters. The average Bonchev–Trinajstić information content (AvgIpc) is 3.28. The van der Waals surface area contributed by atoms with E-state index in [1.54, 1.807) is 0 Å². The molecule has 0 amide bonds. The molecule has 0 heterocycles. The molecule has 0 bridgehead atoms. The van der Waals surface area contributed by atoms with E-state index in [0.29, 0.717) is 25.7 Å². The van der Waals surface area contributed by atoms with Gasteiger partial charge in [0, 0.05) is 12.8 Å². The quantitative estimate of drug-likeness (QED) is 0.0122. The molecule has 1 rings (SSSR count). The van der Waals surface area contributed by atoms with Gasteiger partial charge in [-0.3, -0.25) is 27.7 Å². The van der Waals surface area contributed by atoms with Crippen LogP contribution in [-0.4, -0.2) is 108 Å². The van der Waals surface area contributed by atoms with Crippen LogP contribution in [0.4, 0.5) is 0 Å². The summed E-state index contributed by atoms with van der Waals surface area (Å²) in [6.07, 6.45) is 26.7. The van der Waals surface area contributed by atoms with Crippen LogP contribution >= 0.6 is 23.5 Å². The molecule has 0 spiro atoms. The predicted octanol–water partition coefficient (Wildman–Crippen LogP) is 9.18. The molecular formula is C47H83O19P3. The van der Waals surface area contributed by atoms with E-state index in [9.17, 15) is 63.1 Å². The maximum absolute atomic E-state index is 13.1. The molecule has 1 saturated carbocycles. The Morgan fingerprint density at radius 1 is 0.464 bits per heavy atom. The summed E-state index contributed by atoms with van der Waals surface area (Å²) in [6.45, 7) is 2.86. The van der Waals surface area contributed by atoms with Crippen LogP contribution in [0.2, 0.25) is 0 Å². The summed E-state index contributed by atoms with van der Waals surface area (Å²) >= 11 is 0. The SMILES string of the molecule is CCCCCC=CCC=CCCCCCCCC(=O)OCC(COP(=O)(O)OC1C(O)C(O)C(OP(=O)(O)O)C(OP(=O)(O)O)C1O)OC(=O)CCCC=CCC=CCC=CCCCCCCCC. The molecule has 8 atom stereocenters. The zero-order chi connectivity index (χ0) is 51.4. The second kappa shape index (κ2) is 38.5. The minimum Gasteiger partial charge on any atom is -0.462 e. The van der Waals surface area contributed by atoms with E-state index in [0.717, 1.165) is 57.8 Å². The number of carbonyl (C=O) groups excluding carboxylic acids is 2. The highest BCUT2D eigenvalue weighted by molar-refractivity contribution is 7.47. The number of phosphoric ester groups is 3. The number of esters is 2. The van der Waals surface area contributed by atoms with Crippen LogP contribution in [0.15, 0.2) is 60.8 Å². The molecule has 0 aromatic carbocycles. The highest BCUT2D eigenvalue weighted by Gasteiger charge is 2.56. The van der Waals surface area contributed by atoms with Gasteiger partial charge in [0.15, 0.2) is 6.10 Å². The zero-order valence-electron chi connectivity index (χ0n) is 40.6. The Morgan fingerprint density at radius 3 is 1.36 bits per heavy atom. The zero-order valence-corrected chi connectivity index (χ0v) is 43.3. The molecule has 0 saturated heterocycles. The Morgan fingerprint density at radius 2 is 0.855 bits per heavy atom. The fraction of sp³-hybridized carbons (Fsp3) is 0.745. The molecule has 0 aromatic rings. The van der Waals surface area contributed by atoms with Gasteiger partial charge in [-0.15, -0.1) is 0 Å². The Balaban J connectivity index is 2.77. The van der Waals surface area contributed by atoms with Crippen LogP contribution in [0.25, 0.3) is 0 Å². The first-order valence-corrected chi connectivity index (χ1v) is 29.1. The summed E-state index contributed by atoms with van der Waals surface area (Å²) in [4.78, 5) is 73.2. The van der Waals surface area contributed by atoms with Gasteiger partial charge in [0.2, 0.25) is 0 Å². The molecule has 69 heavy (non-hydrogen) atoms. The number of aliphatic hydroxyl groups is 3. The number of allylic oxidation sites excluding steroid dienone is 10. The number of hydrogen-bond donors (Lipinski definition) is 8. The first-order chi connectivity index (χ1) is 32.8. The van der Waals surface area contributed by atoms with Crippen molar-refractivity contribution in [3.63, 3.8) is 0 Å². The molecule has 8 N–H and O–H groups in total. The number of rotatable bonds is 41. The Hall–Kier alpha value is -2.15. The minimum absolute atomic E-state index is 0.0510. The Kier molecular flexibility index (Phi) is 36.2. The summed E-state index contributed by atoms with van der Waals surface area (Å²) in [5, 5.41) is 31.9. The number of ether oxygens (including phenoxy) is 2. The number of hydrogen-bond acceptors (Lipinski definition) is 14. The van der Waals surface area contributed by atoms with Crippen molar-refractivity contribution in [1.29, 1.82) is 0 Å². The molecule has 1 aliphatic rings. The fourth-order valence-electron chi connectivity index (χ4n) is 7.10. The number of phosphoric acid groups is 3. The molecule has 400 valence electrons. The van der Waals surface area contributed by atoms with Crippen molar-refractivity contribution in [3.05, 3.63) is 60.8 Å². The van der Waals surface area contributed by atoms with Crippen molar-refractivity contribution in [3.8, 4) is 0 Å². The van der Waals surface area contributed by atoms with Crippen molar-refractivity contribution >= 4 is 35.4 Å². The molecule has 1 aliphatic carbocycles. The third-order valence-corrected chi connectivity index (χ3v) is 12.8. The standard InChI is InChI=1S/C47H83O19P3/c1-3-5-7-9-11-13-15-17-19-20-22-24-26-28-30-32-34-36-41(49)63-39(37-61-40(48)35-33-31-29-27-25-23-21-18-16-14-12-10-8-6-4-2)38-62-69(59,60)66-45-42(50)43(51)46(64-67(53,54)55)47(44(45)52)65-68(56,57)58/h12,14,17-19,21-22,24,28,30,39,42-47,50-52H,3-11,13,15-16,20,23,25-27,29,31-38H2,1-2H3,(H,59,60)(H2,53,54,55)(H2,56,57,58). The molecule has 19 nitrogen and oxygen atoms in total. The van der Waals surface area contributed by atoms with Crippen molar-refractivity contribution in [2.45, 2.75) is 211 Å². The number of carbonyl (C=O) groups is 2. The number of unbranched alkanes of at least 4 members (excludes halogenated alkanes) is 15. The van der Waals surface area contributed by atoms with E-state index in [4.69, 9.17) is 18.5 Å². The number of aliphatic hydroxyl groups excluding tert-OH is 3. The molecular weight excluding hydrogens is 961 g/mol. The molecule has 0 aromatic heterocycles. The lowest BCUT2D eigenvalue weighted by Gasteiger charge is -2.44. The Bertz CT molecular complexity index is 1670. The lowest BCUT2D eigenvalue weighted by molar-refractivity contribution is -0.213. The van der Waals surface area contributed by atoms with Crippen molar-refractivity contribution in [1.82, 2.24) is 0 Å². The van der Waals surface area contributed by atoms with Gasteiger partial charge in [0.1, 0.15) is 43.2 Å². The van der Waals surface area contributed by atoms with E-state index in [2.05, 4.69) is 71.5 Å². The Labute approximate surface area is 409 Å². The fourth-order valence-corrected chi connectivity index (χ4v) is 9.19.